The second-order valence-corrected chi connectivity index (χ2v) is 4.77. The molecule has 4 heteroatoms. The first-order chi connectivity index (χ1) is 8.72. The Bertz CT molecular complexity index is 503. The van der Waals surface area contributed by atoms with Gasteiger partial charge in [-0.2, -0.15) is 0 Å². The number of aromatic nitrogens is 2. The van der Waals surface area contributed by atoms with Gasteiger partial charge in [-0.05, 0) is 45.7 Å². The topological polar surface area (TPSA) is 33.1 Å². The number of aryl methyl sites for hydroxylation is 1. The summed E-state index contributed by atoms with van der Waals surface area (Å²) >= 11 is 0. The number of para-hydroxylation sites is 2. The van der Waals surface area contributed by atoms with Crippen molar-refractivity contribution in [3.8, 4) is 0 Å². The molecule has 0 unspecified atom stereocenters. The summed E-state index contributed by atoms with van der Waals surface area (Å²) in [6.45, 7) is 3.05. The van der Waals surface area contributed by atoms with Gasteiger partial charge in [0.25, 0.3) is 0 Å². The van der Waals surface area contributed by atoms with Gasteiger partial charge in [-0.3, -0.25) is 4.90 Å². The van der Waals surface area contributed by atoms with Gasteiger partial charge < -0.3 is 9.88 Å². The fraction of sp³-hybridized carbons (Fsp3) is 0.500. The molecule has 0 spiro atoms. The smallest absolute Gasteiger partial charge is 0.123 e. The molecule has 0 bridgehead atoms. The Morgan fingerprint density at radius 1 is 1.33 bits per heavy atom. The van der Waals surface area contributed by atoms with E-state index in [0.29, 0.717) is 0 Å². The number of nitrogens with one attached hydrogen (secondary N) is 1. The SMILES string of the molecule is CNCCCN(C)Cc1nc2ccccc2n1C. The number of imidazole rings is 1. The Labute approximate surface area is 109 Å². The fourth-order valence-electron chi connectivity index (χ4n) is 2.18. The predicted octanol–water partition coefficient (Wildman–Crippen LogP) is 1.61. The third-order valence-electron chi connectivity index (χ3n) is 3.26. The highest BCUT2D eigenvalue weighted by Gasteiger charge is 2.08. The van der Waals surface area contributed by atoms with E-state index < -0.39 is 0 Å². The van der Waals surface area contributed by atoms with Crippen LogP contribution in [-0.2, 0) is 13.6 Å². The zero-order chi connectivity index (χ0) is 13.0. The molecule has 1 heterocycles. The van der Waals surface area contributed by atoms with Gasteiger partial charge in [0, 0.05) is 7.05 Å². The fourth-order valence-corrected chi connectivity index (χ4v) is 2.18. The maximum absolute atomic E-state index is 4.69. The van der Waals surface area contributed by atoms with Crippen molar-refractivity contribution in [3.05, 3.63) is 30.1 Å². The van der Waals surface area contributed by atoms with Gasteiger partial charge in [0.05, 0.1) is 17.6 Å². The maximum Gasteiger partial charge on any atom is 0.123 e. The monoisotopic (exact) mass is 246 g/mol. The highest BCUT2D eigenvalue weighted by atomic mass is 15.2. The van der Waals surface area contributed by atoms with E-state index in [1.165, 1.54) is 5.52 Å². The van der Waals surface area contributed by atoms with E-state index in [1.54, 1.807) is 0 Å². The van der Waals surface area contributed by atoms with Gasteiger partial charge in [-0.15, -0.1) is 0 Å². The first-order valence-electron chi connectivity index (χ1n) is 6.46. The van der Waals surface area contributed by atoms with Crippen molar-refractivity contribution in [3.63, 3.8) is 0 Å². The molecule has 1 aromatic carbocycles. The van der Waals surface area contributed by atoms with Crippen LogP contribution in [0.15, 0.2) is 24.3 Å². The van der Waals surface area contributed by atoms with Crippen LogP contribution in [0.4, 0.5) is 0 Å². The lowest BCUT2D eigenvalue weighted by Crippen LogP contribution is -2.23. The molecule has 1 aromatic heterocycles. The molecule has 0 aliphatic carbocycles. The standard InChI is InChI=1S/C14H22N4/c1-15-9-6-10-17(2)11-14-16-12-7-4-5-8-13(12)18(14)3/h4-5,7-8,15H,6,9-11H2,1-3H3. The van der Waals surface area contributed by atoms with Crippen LogP contribution in [0.1, 0.15) is 12.2 Å². The molecule has 18 heavy (non-hydrogen) atoms. The van der Waals surface area contributed by atoms with E-state index in [1.807, 2.05) is 13.1 Å². The third kappa shape index (κ3) is 2.89. The molecule has 0 saturated carbocycles. The van der Waals surface area contributed by atoms with Crippen LogP contribution < -0.4 is 5.32 Å². The molecule has 0 aliphatic heterocycles. The van der Waals surface area contributed by atoms with E-state index in [2.05, 4.69) is 52.1 Å². The minimum Gasteiger partial charge on any atom is -0.330 e. The molecule has 4 nitrogen and oxygen atoms in total. The molecule has 0 saturated heterocycles. The highest BCUT2D eigenvalue weighted by Crippen LogP contribution is 2.15. The van der Waals surface area contributed by atoms with Crippen molar-refractivity contribution in [2.75, 3.05) is 27.2 Å². The molecular weight excluding hydrogens is 224 g/mol. The summed E-state index contributed by atoms with van der Waals surface area (Å²) in [6, 6.07) is 8.28. The average molecular weight is 246 g/mol. The Hall–Kier alpha value is -1.39. The number of hydrogen-bond donors (Lipinski definition) is 1. The molecule has 0 radical (unpaired) electrons. The van der Waals surface area contributed by atoms with Crippen LogP contribution in [0.3, 0.4) is 0 Å². The van der Waals surface area contributed by atoms with Gasteiger partial charge in [-0.1, -0.05) is 12.1 Å². The largest absolute Gasteiger partial charge is 0.330 e. The van der Waals surface area contributed by atoms with Crippen LogP contribution in [0, 0.1) is 0 Å². The molecule has 2 rings (SSSR count). The first-order valence-corrected chi connectivity index (χ1v) is 6.46. The summed E-state index contributed by atoms with van der Waals surface area (Å²) in [5, 5.41) is 3.17. The highest BCUT2D eigenvalue weighted by molar-refractivity contribution is 5.75. The summed E-state index contributed by atoms with van der Waals surface area (Å²) in [5.74, 6) is 1.13. The lowest BCUT2D eigenvalue weighted by atomic mass is 10.3. The van der Waals surface area contributed by atoms with Crippen molar-refractivity contribution in [2.24, 2.45) is 7.05 Å². The van der Waals surface area contributed by atoms with Crippen LogP contribution in [-0.4, -0.2) is 41.6 Å². The van der Waals surface area contributed by atoms with Gasteiger partial charge in [0.2, 0.25) is 0 Å². The normalized spacial score (nSPS) is 11.6. The van der Waals surface area contributed by atoms with Gasteiger partial charge in [0.15, 0.2) is 0 Å². The van der Waals surface area contributed by atoms with E-state index >= 15 is 0 Å². The Morgan fingerprint density at radius 3 is 2.83 bits per heavy atom. The van der Waals surface area contributed by atoms with Crippen molar-refractivity contribution < 1.29 is 0 Å². The Balaban J connectivity index is 2.05. The molecule has 98 valence electrons. The van der Waals surface area contributed by atoms with Crippen molar-refractivity contribution in [1.29, 1.82) is 0 Å². The molecular formula is C14H22N4. The molecule has 0 amide bonds. The number of rotatable bonds is 6. The second-order valence-electron chi connectivity index (χ2n) is 4.77. The molecule has 0 fully saturated rings. The van der Waals surface area contributed by atoms with Gasteiger partial charge in [0.1, 0.15) is 5.82 Å². The summed E-state index contributed by atoms with van der Waals surface area (Å²) in [5.41, 5.74) is 2.29. The van der Waals surface area contributed by atoms with E-state index in [4.69, 9.17) is 0 Å². The van der Waals surface area contributed by atoms with Gasteiger partial charge in [-0.25, -0.2) is 4.98 Å². The Kier molecular flexibility index (Phi) is 4.33. The molecule has 0 aliphatic rings. The van der Waals surface area contributed by atoms with E-state index in [-0.39, 0.29) is 0 Å². The lowest BCUT2D eigenvalue weighted by Gasteiger charge is -2.15. The third-order valence-corrected chi connectivity index (χ3v) is 3.26. The molecule has 1 N–H and O–H groups in total. The number of hydrogen-bond acceptors (Lipinski definition) is 3. The number of benzene rings is 1. The van der Waals surface area contributed by atoms with Crippen molar-refractivity contribution in [1.82, 2.24) is 19.8 Å². The van der Waals surface area contributed by atoms with Crippen molar-refractivity contribution >= 4 is 11.0 Å². The maximum atomic E-state index is 4.69. The van der Waals surface area contributed by atoms with Crippen LogP contribution >= 0.6 is 0 Å². The first kappa shape index (κ1) is 13.1. The predicted molar refractivity (Wildman–Crippen MR) is 75.6 cm³/mol. The zero-order valence-electron chi connectivity index (χ0n) is 11.5. The molecule has 2 aromatic rings. The quantitative estimate of drug-likeness (QED) is 0.786. The minimum atomic E-state index is 0.898. The Morgan fingerprint density at radius 2 is 2.11 bits per heavy atom. The lowest BCUT2D eigenvalue weighted by molar-refractivity contribution is 0.310. The number of nitrogens with zero attached hydrogens (tertiary/aromatic N) is 3. The summed E-state index contributed by atoms with van der Waals surface area (Å²) in [7, 11) is 6.23. The molecule has 0 atom stereocenters. The van der Waals surface area contributed by atoms with Crippen LogP contribution in [0.5, 0.6) is 0 Å². The number of fused-ring (bicyclic) bond motifs is 1. The second kappa shape index (κ2) is 5.98. The summed E-state index contributed by atoms with van der Waals surface area (Å²) in [4.78, 5) is 7.00. The van der Waals surface area contributed by atoms with Crippen LogP contribution in [0.2, 0.25) is 0 Å². The van der Waals surface area contributed by atoms with E-state index in [9.17, 15) is 0 Å². The van der Waals surface area contributed by atoms with Gasteiger partial charge >= 0.3 is 0 Å². The van der Waals surface area contributed by atoms with E-state index in [0.717, 1.165) is 37.4 Å². The van der Waals surface area contributed by atoms with Crippen LogP contribution in [0.25, 0.3) is 11.0 Å². The minimum absolute atomic E-state index is 0.898. The zero-order valence-corrected chi connectivity index (χ0v) is 11.5. The van der Waals surface area contributed by atoms with Crippen molar-refractivity contribution in [2.45, 2.75) is 13.0 Å². The summed E-state index contributed by atoms with van der Waals surface area (Å²) in [6.07, 6.45) is 1.16. The average Bonchev–Trinajstić information content (AvgIpc) is 2.67. The summed E-state index contributed by atoms with van der Waals surface area (Å²) < 4.78 is 2.18.